The number of nitrogens with one attached hydrogen (secondary N) is 1. The number of anilines is 1. The van der Waals surface area contributed by atoms with Gasteiger partial charge < -0.3 is 10.2 Å². The molecule has 0 spiro atoms. The average molecular weight is 438 g/mol. The van der Waals surface area contributed by atoms with Crippen molar-refractivity contribution < 1.29 is 18.4 Å². The van der Waals surface area contributed by atoms with Crippen LogP contribution in [0.5, 0.6) is 0 Å². The Bertz CT molecular complexity index is 1100. The lowest BCUT2D eigenvalue weighted by atomic mass is 10.1. The topological polar surface area (TPSA) is 49.4 Å². The first-order chi connectivity index (χ1) is 14.9. The molecule has 0 saturated carbocycles. The molecule has 4 rings (SSSR count). The maximum Gasteiger partial charge on any atom is 0.255 e. The molecule has 0 aliphatic carbocycles. The molecule has 1 aliphatic rings. The van der Waals surface area contributed by atoms with Crippen LogP contribution in [0.25, 0.3) is 0 Å². The fourth-order valence-corrected chi connectivity index (χ4v) is 4.89. The molecule has 2 amide bonds. The van der Waals surface area contributed by atoms with E-state index in [0.717, 1.165) is 5.56 Å². The number of para-hydroxylation sites is 1. The predicted molar refractivity (Wildman–Crippen MR) is 118 cm³/mol. The Morgan fingerprint density at radius 3 is 2.32 bits per heavy atom. The normalized spacial score (nSPS) is 18.1. The van der Waals surface area contributed by atoms with Crippen LogP contribution in [-0.4, -0.2) is 28.5 Å². The van der Waals surface area contributed by atoms with Crippen LogP contribution in [-0.2, 0) is 4.79 Å². The van der Waals surface area contributed by atoms with Gasteiger partial charge in [0.25, 0.3) is 5.91 Å². The van der Waals surface area contributed by atoms with Crippen molar-refractivity contribution in [2.75, 3.05) is 11.1 Å². The minimum absolute atomic E-state index is 0.0606. The molecule has 0 aromatic heterocycles. The fraction of sp³-hybridized carbons (Fsp3) is 0.167. The molecule has 2 unspecified atom stereocenters. The molecular formula is C24H20F2N2O2S. The molecule has 4 nitrogen and oxygen atoms in total. The molecule has 1 fully saturated rings. The summed E-state index contributed by atoms with van der Waals surface area (Å²) < 4.78 is 27.5. The van der Waals surface area contributed by atoms with Crippen molar-refractivity contribution >= 4 is 29.3 Å². The van der Waals surface area contributed by atoms with E-state index in [4.69, 9.17) is 0 Å². The van der Waals surface area contributed by atoms with Crippen LogP contribution < -0.4 is 5.32 Å². The SMILES string of the molecule is Cc1ccc(C(=O)N2C(C(=O)Nc3ccccc3F)CSC2c2ccc(F)cc2)cc1. The summed E-state index contributed by atoms with van der Waals surface area (Å²) in [6.07, 6.45) is 0. The Kier molecular flexibility index (Phi) is 6.04. The van der Waals surface area contributed by atoms with Gasteiger partial charge in [-0.05, 0) is 48.9 Å². The van der Waals surface area contributed by atoms with Gasteiger partial charge in [0, 0.05) is 11.3 Å². The van der Waals surface area contributed by atoms with Gasteiger partial charge in [-0.25, -0.2) is 8.78 Å². The number of thioether (sulfide) groups is 1. The maximum atomic E-state index is 14.0. The smallest absolute Gasteiger partial charge is 0.255 e. The molecule has 2 atom stereocenters. The first-order valence-electron chi connectivity index (χ1n) is 9.76. The number of nitrogens with zero attached hydrogens (tertiary/aromatic N) is 1. The minimum atomic E-state index is -0.812. The summed E-state index contributed by atoms with van der Waals surface area (Å²) in [6, 6.07) is 18.1. The van der Waals surface area contributed by atoms with E-state index in [0.29, 0.717) is 16.9 Å². The number of carbonyl (C=O) groups excluding carboxylic acids is 2. The van der Waals surface area contributed by atoms with Gasteiger partial charge >= 0.3 is 0 Å². The molecule has 7 heteroatoms. The monoisotopic (exact) mass is 438 g/mol. The van der Waals surface area contributed by atoms with Crippen molar-refractivity contribution in [3.8, 4) is 0 Å². The summed E-state index contributed by atoms with van der Waals surface area (Å²) >= 11 is 1.41. The van der Waals surface area contributed by atoms with E-state index in [1.807, 2.05) is 19.1 Å². The Hall–Kier alpha value is -3.19. The van der Waals surface area contributed by atoms with Gasteiger partial charge in [0.05, 0.1) is 5.69 Å². The molecule has 158 valence electrons. The third kappa shape index (κ3) is 4.46. The van der Waals surface area contributed by atoms with E-state index < -0.39 is 23.1 Å². The lowest BCUT2D eigenvalue weighted by molar-refractivity contribution is -0.119. The quantitative estimate of drug-likeness (QED) is 0.612. The molecular weight excluding hydrogens is 418 g/mol. The third-order valence-electron chi connectivity index (χ3n) is 5.12. The molecule has 31 heavy (non-hydrogen) atoms. The number of amides is 2. The van der Waals surface area contributed by atoms with Crippen LogP contribution in [0.1, 0.15) is 26.9 Å². The van der Waals surface area contributed by atoms with Gasteiger partial charge in [0.2, 0.25) is 5.91 Å². The number of halogens is 2. The number of hydrogen-bond donors (Lipinski definition) is 1. The van der Waals surface area contributed by atoms with E-state index in [9.17, 15) is 18.4 Å². The Morgan fingerprint density at radius 2 is 1.65 bits per heavy atom. The van der Waals surface area contributed by atoms with E-state index >= 15 is 0 Å². The second-order valence-electron chi connectivity index (χ2n) is 7.30. The van der Waals surface area contributed by atoms with E-state index in [-0.39, 0.29) is 17.4 Å². The summed E-state index contributed by atoms with van der Waals surface area (Å²) in [5.41, 5.74) is 2.23. The standard InChI is InChI=1S/C24H20F2N2O2S/c1-15-6-8-16(9-7-15)23(30)28-21(22(29)27-20-5-3-2-4-19(20)26)14-31-24(28)17-10-12-18(25)13-11-17/h2-13,21,24H,14H2,1H3,(H,27,29). The van der Waals surface area contributed by atoms with Crippen molar-refractivity contribution in [1.82, 2.24) is 4.90 Å². The molecule has 1 aliphatic heterocycles. The van der Waals surface area contributed by atoms with Crippen LogP contribution >= 0.6 is 11.8 Å². The van der Waals surface area contributed by atoms with E-state index in [1.165, 1.54) is 47.0 Å². The van der Waals surface area contributed by atoms with Gasteiger partial charge in [0.15, 0.2) is 0 Å². The second-order valence-corrected chi connectivity index (χ2v) is 8.41. The number of rotatable bonds is 4. The summed E-state index contributed by atoms with van der Waals surface area (Å²) in [7, 11) is 0. The maximum absolute atomic E-state index is 14.0. The van der Waals surface area contributed by atoms with Gasteiger partial charge in [-0.2, -0.15) is 0 Å². The molecule has 3 aromatic carbocycles. The van der Waals surface area contributed by atoms with Gasteiger partial charge in [-0.1, -0.05) is 42.0 Å². The van der Waals surface area contributed by atoms with Crippen molar-refractivity contribution in [2.45, 2.75) is 18.3 Å². The van der Waals surface area contributed by atoms with Crippen molar-refractivity contribution in [2.24, 2.45) is 0 Å². The first-order valence-corrected chi connectivity index (χ1v) is 10.8. The summed E-state index contributed by atoms with van der Waals surface area (Å²) in [5.74, 6) is -1.37. The van der Waals surface area contributed by atoms with Crippen molar-refractivity contribution in [1.29, 1.82) is 0 Å². The number of aryl methyl sites for hydroxylation is 1. The summed E-state index contributed by atoms with van der Waals surface area (Å²) in [5, 5.41) is 2.13. The zero-order valence-electron chi connectivity index (χ0n) is 16.7. The molecule has 1 N–H and O–H groups in total. The second kappa shape index (κ2) is 8.89. The highest BCUT2D eigenvalue weighted by Crippen LogP contribution is 2.42. The molecule has 1 saturated heterocycles. The first kappa shape index (κ1) is 21.1. The highest BCUT2D eigenvalue weighted by Gasteiger charge is 2.42. The van der Waals surface area contributed by atoms with Crippen LogP contribution in [0.3, 0.4) is 0 Å². The number of carbonyl (C=O) groups is 2. The molecule has 1 heterocycles. The lowest BCUT2D eigenvalue weighted by Crippen LogP contribution is -2.45. The van der Waals surface area contributed by atoms with E-state index in [2.05, 4.69) is 5.32 Å². The minimum Gasteiger partial charge on any atom is -0.322 e. The van der Waals surface area contributed by atoms with Gasteiger partial charge in [-0.15, -0.1) is 11.8 Å². The Balaban J connectivity index is 1.67. The lowest BCUT2D eigenvalue weighted by Gasteiger charge is -2.29. The molecule has 0 bridgehead atoms. The highest BCUT2D eigenvalue weighted by molar-refractivity contribution is 7.99. The van der Waals surface area contributed by atoms with Crippen molar-refractivity contribution in [3.05, 3.63) is 101 Å². The Labute approximate surface area is 183 Å². The zero-order chi connectivity index (χ0) is 22.0. The van der Waals surface area contributed by atoms with E-state index in [1.54, 1.807) is 30.3 Å². The molecule has 3 aromatic rings. The van der Waals surface area contributed by atoms with Crippen molar-refractivity contribution in [3.63, 3.8) is 0 Å². The largest absolute Gasteiger partial charge is 0.322 e. The molecule has 0 radical (unpaired) electrons. The summed E-state index contributed by atoms with van der Waals surface area (Å²) in [6.45, 7) is 1.92. The zero-order valence-corrected chi connectivity index (χ0v) is 17.5. The predicted octanol–water partition coefficient (Wildman–Crippen LogP) is 5.17. The number of benzene rings is 3. The van der Waals surface area contributed by atoms with Gasteiger partial charge in [-0.3, -0.25) is 9.59 Å². The summed E-state index contributed by atoms with van der Waals surface area (Å²) in [4.78, 5) is 28.0. The fourth-order valence-electron chi connectivity index (χ4n) is 3.46. The van der Waals surface area contributed by atoms with Crippen LogP contribution in [0.15, 0.2) is 72.8 Å². The van der Waals surface area contributed by atoms with Crippen LogP contribution in [0.2, 0.25) is 0 Å². The number of hydrogen-bond acceptors (Lipinski definition) is 3. The third-order valence-corrected chi connectivity index (χ3v) is 6.45. The van der Waals surface area contributed by atoms with Crippen LogP contribution in [0.4, 0.5) is 14.5 Å². The van der Waals surface area contributed by atoms with Gasteiger partial charge in [0.1, 0.15) is 23.1 Å². The van der Waals surface area contributed by atoms with Crippen LogP contribution in [0, 0.1) is 18.6 Å². The highest BCUT2D eigenvalue weighted by atomic mass is 32.2. The average Bonchev–Trinajstić information content (AvgIpc) is 3.21. The Morgan fingerprint density at radius 1 is 0.968 bits per heavy atom.